The summed E-state index contributed by atoms with van der Waals surface area (Å²) in [5.74, 6) is 0.767. The molecule has 3 rings (SSSR count). The summed E-state index contributed by atoms with van der Waals surface area (Å²) in [6.45, 7) is 6.66. The minimum Gasteiger partial charge on any atom is -0.353 e. The average Bonchev–Trinajstić information content (AvgIpc) is 2.51. The first-order valence-electron chi connectivity index (χ1n) is 7.23. The smallest absolute Gasteiger partial charge is 0.151 e. The molecule has 5 heteroatoms. The van der Waals surface area contributed by atoms with Crippen LogP contribution in [0.1, 0.15) is 11.3 Å². The average molecular weight is 286 g/mol. The number of nitrogens with zero attached hydrogens (tertiary/aromatic N) is 4. The number of piperazine rings is 1. The van der Waals surface area contributed by atoms with E-state index < -0.39 is 0 Å². The molecule has 110 valence electrons. The molecule has 21 heavy (non-hydrogen) atoms. The van der Waals surface area contributed by atoms with E-state index in [1.54, 1.807) is 0 Å². The third-order valence-electron chi connectivity index (χ3n) is 3.80. The maximum atomic E-state index is 12.9. The summed E-state index contributed by atoms with van der Waals surface area (Å²) in [6, 6.07) is 10.8. The lowest BCUT2D eigenvalue weighted by Crippen LogP contribution is -2.46. The quantitative estimate of drug-likeness (QED) is 0.866. The molecule has 0 saturated carbocycles. The summed E-state index contributed by atoms with van der Waals surface area (Å²) in [5.41, 5.74) is 2.09. The number of anilines is 1. The Kier molecular flexibility index (Phi) is 4.10. The van der Waals surface area contributed by atoms with Crippen molar-refractivity contribution in [2.75, 3.05) is 31.1 Å². The predicted octanol–water partition coefficient (Wildman–Crippen LogP) is 2.25. The maximum absolute atomic E-state index is 12.9. The number of aryl methyl sites for hydroxylation is 1. The van der Waals surface area contributed by atoms with Crippen LogP contribution in [-0.4, -0.2) is 41.3 Å². The Bertz CT molecular complexity index is 574. The normalized spacial score (nSPS) is 16.2. The van der Waals surface area contributed by atoms with Gasteiger partial charge in [-0.3, -0.25) is 4.90 Å². The van der Waals surface area contributed by atoms with E-state index in [2.05, 4.69) is 20.0 Å². The highest BCUT2D eigenvalue weighted by molar-refractivity contribution is 5.37. The Hall–Kier alpha value is -2.01. The van der Waals surface area contributed by atoms with Gasteiger partial charge in [0.05, 0.1) is 5.69 Å². The van der Waals surface area contributed by atoms with Gasteiger partial charge in [-0.1, -0.05) is 12.1 Å². The predicted molar refractivity (Wildman–Crippen MR) is 80.7 cm³/mol. The second-order valence-electron chi connectivity index (χ2n) is 5.42. The van der Waals surface area contributed by atoms with Crippen LogP contribution in [0.3, 0.4) is 0 Å². The third kappa shape index (κ3) is 3.55. The van der Waals surface area contributed by atoms with E-state index in [0.717, 1.165) is 49.8 Å². The van der Waals surface area contributed by atoms with Crippen molar-refractivity contribution < 1.29 is 4.39 Å². The van der Waals surface area contributed by atoms with Gasteiger partial charge in [-0.25, -0.2) is 4.39 Å². The fraction of sp³-hybridized carbons (Fsp3) is 0.375. The Morgan fingerprint density at radius 2 is 1.67 bits per heavy atom. The number of benzene rings is 1. The number of hydrogen-bond donors (Lipinski definition) is 0. The van der Waals surface area contributed by atoms with Crippen molar-refractivity contribution in [3.63, 3.8) is 0 Å². The molecule has 0 radical (unpaired) electrons. The van der Waals surface area contributed by atoms with E-state index in [9.17, 15) is 4.39 Å². The molecule has 1 aromatic heterocycles. The minimum absolute atomic E-state index is 0.179. The number of aromatic nitrogens is 2. The first kappa shape index (κ1) is 13.9. The molecular weight excluding hydrogens is 267 g/mol. The molecule has 1 aliphatic rings. The molecule has 2 aromatic rings. The standard InChI is InChI=1S/C16H19FN4/c1-13-2-7-16(19-18-13)21-10-8-20(9-11-21)12-14-3-5-15(17)6-4-14/h2-7H,8-12H2,1H3. The van der Waals surface area contributed by atoms with Crippen LogP contribution in [-0.2, 0) is 6.54 Å². The molecule has 0 unspecified atom stereocenters. The van der Waals surface area contributed by atoms with Crippen LogP contribution in [0, 0.1) is 12.7 Å². The Morgan fingerprint density at radius 3 is 2.29 bits per heavy atom. The number of halogens is 1. The number of hydrogen-bond acceptors (Lipinski definition) is 4. The monoisotopic (exact) mass is 286 g/mol. The minimum atomic E-state index is -0.179. The first-order valence-corrected chi connectivity index (χ1v) is 7.23. The third-order valence-corrected chi connectivity index (χ3v) is 3.80. The molecule has 0 N–H and O–H groups in total. The van der Waals surface area contributed by atoms with Gasteiger partial charge in [0.15, 0.2) is 5.82 Å². The molecule has 4 nitrogen and oxygen atoms in total. The van der Waals surface area contributed by atoms with Gasteiger partial charge in [0.1, 0.15) is 5.82 Å². The highest BCUT2D eigenvalue weighted by atomic mass is 19.1. The van der Waals surface area contributed by atoms with Gasteiger partial charge in [0.2, 0.25) is 0 Å². The first-order chi connectivity index (χ1) is 10.2. The van der Waals surface area contributed by atoms with Gasteiger partial charge in [-0.05, 0) is 36.8 Å². The molecule has 0 spiro atoms. The lowest BCUT2D eigenvalue weighted by atomic mass is 10.2. The largest absolute Gasteiger partial charge is 0.353 e. The summed E-state index contributed by atoms with van der Waals surface area (Å²) in [5, 5.41) is 8.34. The second-order valence-corrected chi connectivity index (χ2v) is 5.42. The Morgan fingerprint density at radius 1 is 0.952 bits per heavy atom. The number of rotatable bonds is 3. The van der Waals surface area contributed by atoms with Crippen molar-refractivity contribution in [1.82, 2.24) is 15.1 Å². The summed E-state index contributed by atoms with van der Waals surface area (Å²) in [6.07, 6.45) is 0. The molecular formula is C16H19FN4. The maximum Gasteiger partial charge on any atom is 0.151 e. The Labute approximate surface area is 124 Å². The van der Waals surface area contributed by atoms with Crippen molar-refractivity contribution >= 4 is 5.82 Å². The highest BCUT2D eigenvalue weighted by Crippen LogP contribution is 2.14. The molecule has 1 fully saturated rings. The van der Waals surface area contributed by atoms with Crippen LogP contribution >= 0.6 is 0 Å². The van der Waals surface area contributed by atoms with E-state index in [0.29, 0.717) is 0 Å². The van der Waals surface area contributed by atoms with E-state index in [4.69, 9.17) is 0 Å². The van der Waals surface area contributed by atoms with Gasteiger partial charge in [-0.2, -0.15) is 5.10 Å². The van der Waals surface area contributed by atoms with Crippen molar-refractivity contribution in [2.45, 2.75) is 13.5 Å². The summed E-state index contributed by atoms with van der Waals surface area (Å²) >= 11 is 0. The zero-order valence-electron chi connectivity index (χ0n) is 12.2. The van der Waals surface area contributed by atoms with Gasteiger partial charge in [0, 0.05) is 32.7 Å². The van der Waals surface area contributed by atoms with E-state index in [-0.39, 0.29) is 5.82 Å². The molecule has 0 bridgehead atoms. The molecule has 0 atom stereocenters. The van der Waals surface area contributed by atoms with Crippen LogP contribution in [0.4, 0.5) is 10.2 Å². The summed E-state index contributed by atoms with van der Waals surface area (Å²) in [7, 11) is 0. The van der Waals surface area contributed by atoms with Crippen molar-refractivity contribution in [2.24, 2.45) is 0 Å². The fourth-order valence-corrected chi connectivity index (χ4v) is 2.54. The molecule has 1 saturated heterocycles. The van der Waals surface area contributed by atoms with E-state index >= 15 is 0 Å². The van der Waals surface area contributed by atoms with Crippen molar-refractivity contribution in [3.05, 3.63) is 53.5 Å². The van der Waals surface area contributed by atoms with Crippen molar-refractivity contribution in [1.29, 1.82) is 0 Å². The van der Waals surface area contributed by atoms with E-state index in [1.807, 2.05) is 31.2 Å². The van der Waals surface area contributed by atoms with Gasteiger partial charge in [-0.15, -0.1) is 5.10 Å². The van der Waals surface area contributed by atoms with E-state index in [1.165, 1.54) is 12.1 Å². The summed E-state index contributed by atoms with van der Waals surface area (Å²) < 4.78 is 12.9. The van der Waals surface area contributed by atoms with Crippen LogP contribution < -0.4 is 4.90 Å². The second kappa shape index (κ2) is 6.18. The molecule has 0 amide bonds. The van der Waals surface area contributed by atoms with Crippen LogP contribution in [0.5, 0.6) is 0 Å². The zero-order chi connectivity index (χ0) is 14.7. The Balaban J connectivity index is 1.55. The molecule has 1 aliphatic heterocycles. The van der Waals surface area contributed by atoms with Gasteiger partial charge < -0.3 is 4.90 Å². The van der Waals surface area contributed by atoms with Crippen molar-refractivity contribution in [3.8, 4) is 0 Å². The van der Waals surface area contributed by atoms with Gasteiger partial charge in [0.25, 0.3) is 0 Å². The molecule has 2 heterocycles. The SMILES string of the molecule is Cc1ccc(N2CCN(Cc3ccc(F)cc3)CC2)nn1. The highest BCUT2D eigenvalue weighted by Gasteiger charge is 2.18. The van der Waals surface area contributed by atoms with Crippen LogP contribution in [0.2, 0.25) is 0 Å². The topological polar surface area (TPSA) is 32.3 Å². The summed E-state index contributed by atoms with van der Waals surface area (Å²) in [4.78, 5) is 4.64. The lowest BCUT2D eigenvalue weighted by molar-refractivity contribution is 0.249. The molecule has 1 aromatic carbocycles. The van der Waals surface area contributed by atoms with Crippen LogP contribution in [0.25, 0.3) is 0 Å². The van der Waals surface area contributed by atoms with Gasteiger partial charge >= 0.3 is 0 Å². The van der Waals surface area contributed by atoms with Crippen LogP contribution in [0.15, 0.2) is 36.4 Å². The molecule has 0 aliphatic carbocycles. The fourth-order valence-electron chi connectivity index (χ4n) is 2.54. The zero-order valence-corrected chi connectivity index (χ0v) is 12.2. The lowest BCUT2D eigenvalue weighted by Gasteiger charge is -2.35.